The fourth-order valence-electron chi connectivity index (χ4n) is 3.53. The number of hydrogen-bond acceptors (Lipinski definition) is 4. The molecule has 1 aromatic carbocycles. The van der Waals surface area contributed by atoms with E-state index in [1.54, 1.807) is 17.4 Å². The molecule has 0 bridgehead atoms. The molecule has 5 heteroatoms. The van der Waals surface area contributed by atoms with E-state index >= 15 is 0 Å². The molecule has 3 heterocycles. The van der Waals surface area contributed by atoms with Crippen LogP contribution in [-0.4, -0.2) is 48.5 Å². The van der Waals surface area contributed by atoms with Crippen molar-refractivity contribution in [3.05, 3.63) is 57.3 Å². The van der Waals surface area contributed by atoms with Gasteiger partial charge in [-0.05, 0) is 47.2 Å². The molecule has 2 aliphatic heterocycles. The Hall–Kier alpha value is -2.11. The van der Waals surface area contributed by atoms with E-state index in [1.807, 2.05) is 11.0 Å². The molecule has 0 unspecified atom stereocenters. The van der Waals surface area contributed by atoms with Crippen LogP contribution in [0.25, 0.3) is 6.08 Å². The first-order valence-electron chi connectivity index (χ1n) is 9.17. The predicted molar refractivity (Wildman–Crippen MR) is 106 cm³/mol. The van der Waals surface area contributed by atoms with E-state index in [0.29, 0.717) is 0 Å². The second-order valence-electron chi connectivity index (χ2n) is 6.94. The van der Waals surface area contributed by atoms with Crippen LogP contribution < -0.4 is 4.74 Å². The van der Waals surface area contributed by atoms with Crippen LogP contribution in [0.15, 0.2) is 35.7 Å². The Kier molecular flexibility index (Phi) is 5.09. The maximum absolute atomic E-state index is 12.4. The van der Waals surface area contributed by atoms with Crippen molar-refractivity contribution in [1.29, 1.82) is 0 Å². The molecule has 1 amide bonds. The zero-order valence-electron chi connectivity index (χ0n) is 15.1. The van der Waals surface area contributed by atoms with Crippen LogP contribution in [0.5, 0.6) is 5.75 Å². The number of ether oxygens (including phenoxy) is 1. The zero-order valence-corrected chi connectivity index (χ0v) is 15.9. The molecule has 0 radical (unpaired) electrons. The topological polar surface area (TPSA) is 32.8 Å². The number of hydrogen-bond donors (Lipinski definition) is 0. The molecule has 0 N–H and O–H groups in total. The van der Waals surface area contributed by atoms with Gasteiger partial charge < -0.3 is 9.64 Å². The Morgan fingerprint density at radius 3 is 2.85 bits per heavy atom. The lowest BCUT2D eigenvalue weighted by Crippen LogP contribution is -2.47. The van der Waals surface area contributed by atoms with Gasteiger partial charge >= 0.3 is 0 Å². The standard InChI is InChI=1S/C21H24N2O2S/c1-16-7-13-26-20(16)4-5-21(24)23-10-8-22(9-11-23)15-17-2-3-19-18(14-17)6-12-25-19/h2-5,7,13-14H,6,8-12,15H2,1H3/b5-4+. The van der Waals surface area contributed by atoms with Crippen molar-refractivity contribution in [2.45, 2.75) is 19.9 Å². The van der Waals surface area contributed by atoms with E-state index in [9.17, 15) is 4.79 Å². The largest absolute Gasteiger partial charge is 0.493 e. The molecule has 1 saturated heterocycles. The average Bonchev–Trinajstić information content (AvgIpc) is 3.28. The highest BCUT2D eigenvalue weighted by atomic mass is 32.1. The van der Waals surface area contributed by atoms with E-state index in [4.69, 9.17) is 4.74 Å². The Labute approximate surface area is 158 Å². The van der Waals surface area contributed by atoms with Gasteiger partial charge in [-0.1, -0.05) is 12.1 Å². The predicted octanol–water partition coefficient (Wildman–Crippen LogP) is 3.35. The van der Waals surface area contributed by atoms with Crippen LogP contribution >= 0.6 is 11.3 Å². The van der Waals surface area contributed by atoms with Crippen molar-refractivity contribution < 1.29 is 9.53 Å². The van der Waals surface area contributed by atoms with Crippen molar-refractivity contribution in [2.75, 3.05) is 32.8 Å². The molecule has 0 saturated carbocycles. The van der Waals surface area contributed by atoms with E-state index in [0.717, 1.165) is 56.4 Å². The number of rotatable bonds is 4. The second kappa shape index (κ2) is 7.64. The molecule has 4 rings (SSSR count). The molecule has 136 valence electrons. The van der Waals surface area contributed by atoms with Gasteiger partial charge in [0.15, 0.2) is 0 Å². The minimum absolute atomic E-state index is 0.118. The van der Waals surface area contributed by atoms with Gasteiger partial charge in [-0.15, -0.1) is 11.3 Å². The summed E-state index contributed by atoms with van der Waals surface area (Å²) in [7, 11) is 0. The molecule has 0 aliphatic carbocycles. The fraction of sp³-hybridized carbons (Fsp3) is 0.381. The van der Waals surface area contributed by atoms with Gasteiger partial charge in [-0.25, -0.2) is 0 Å². The summed E-state index contributed by atoms with van der Waals surface area (Å²) in [5.41, 5.74) is 3.89. The number of carbonyl (C=O) groups is 1. The fourth-order valence-corrected chi connectivity index (χ4v) is 4.35. The molecular weight excluding hydrogens is 344 g/mol. The second-order valence-corrected chi connectivity index (χ2v) is 7.89. The van der Waals surface area contributed by atoms with Crippen LogP contribution in [-0.2, 0) is 17.8 Å². The van der Waals surface area contributed by atoms with Crippen LogP contribution in [0, 0.1) is 6.92 Å². The Bertz CT molecular complexity index is 819. The van der Waals surface area contributed by atoms with Gasteiger partial charge in [0.1, 0.15) is 5.75 Å². The van der Waals surface area contributed by atoms with Gasteiger partial charge in [0.2, 0.25) is 5.91 Å². The summed E-state index contributed by atoms with van der Waals surface area (Å²) < 4.78 is 5.58. The monoisotopic (exact) mass is 368 g/mol. The summed E-state index contributed by atoms with van der Waals surface area (Å²) in [6.07, 6.45) is 4.68. The number of carbonyl (C=O) groups excluding carboxylic acids is 1. The summed E-state index contributed by atoms with van der Waals surface area (Å²) in [5.74, 6) is 1.16. The average molecular weight is 369 g/mol. The number of thiophene rings is 1. The first-order chi connectivity index (χ1) is 12.7. The van der Waals surface area contributed by atoms with E-state index in [2.05, 4.69) is 41.5 Å². The first-order valence-corrected chi connectivity index (χ1v) is 10.0. The zero-order chi connectivity index (χ0) is 17.9. The van der Waals surface area contributed by atoms with E-state index in [-0.39, 0.29) is 5.91 Å². The quantitative estimate of drug-likeness (QED) is 0.776. The molecule has 0 atom stereocenters. The molecule has 2 aromatic rings. The molecule has 26 heavy (non-hydrogen) atoms. The summed E-state index contributed by atoms with van der Waals surface area (Å²) in [5, 5.41) is 2.06. The lowest BCUT2D eigenvalue weighted by atomic mass is 10.1. The lowest BCUT2D eigenvalue weighted by molar-refractivity contribution is -0.127. The Morgan fingerprint density at radius 1 is 1.23 bits per heavy atom. The van der Waals surface area contributed by atoms with Crippen molar-refractivity contribution in [2.24, 2.45) is 0 Å². The lowest BCUT2D eigenvalue weighted by Gasteiger charge is -2.34. The van der Waals surface area contributed by atoms with Crippen LogP contribution in [0.1, 0.15) is 21.6 Å². The van der Waals surface area contributed by atoms with Gasteiger partial charge in [0.25, 0.3) is 0 Å². The van der Waals surface area contributed by atoms with Crippen LogP contribution in [0.3, 0.4) is 0 Å². The maximum atomic E-state index is 12.4. The van der Waals surface area contributed by atoms with Gasteiger partial charge in [0.05, 0.1) is 6.61 Å². The van der Waals surface area contributed by atoms with Crippen molar-refractivity contribution in [1.82, 2.24) is 9.80 Å². The minimum atomic E-state index is 0.118. The summed E-state index contributed by atoms with van der Waals surface area (Å²) in [4.78, 5) is 17.9. The van der Waals surface area contributed by atoms with Crippen molar-refractivity contribution in [3.63, 3.8) is 0 Å². The molecule has 2 aliphatic rings. The number of nitrogens with zero attached hydrogens (tertiary/aromatic N) is 2. The van der Waals surface area contributed by atoms with Crippen LogP contribution in [0.2, 0.25) is 0 Å². The first kappa shape index (κ1) is 17.3. The van der Waals surface area contributed by atoms with Crippen LogP contribution in [0.4, 0.5) is 0 Å². The highest BCUT2D eigenvalue weighted by molar-refractivity contribution is 7.11. The van der Waals surface area contributed by atoms with E-state index in [1.165, 1.54) is 16.7 Å². The Balaban J connectivity index is 1.29. The number of benzene rings is 1. The third kappa shape index (κ3) is 3.84. The third-order valence-corrected chi connectivity index (χ3v) is 6.11. The number of piperazine rings is 1. The van der Waals surface area contributed by atoms with E-state index < -0.39 is 0 Å². The highest BCUT2D eigenvalue weighted by Crippen LogP contribution is 2.26. The number of amides is 1. The molecule has 4 nitrogen and oxygen atoms in total. The smallest absolute Gasteiger partial charge is 0.246 e. The minimum Gasteiger partial charge on any atom is -0.493 e. The van der Waals surface area contributed by atoms with Gasteiger partial charge in [-0.3, -0.25) is 9.69 Å². The van der Waals surface area contributed by atoms with Crippen molar-refractivity contribution >= 4 is 23.3 Å². The number of aryl methyl sites for hydroxylation is 1. The molecule has 1 aromatic heterocycles. The van der Waals surface area contributed by atoms with Gasteiger partial charge in [-0.2, -0.15) is 0 Å². The SMILES string of the molecule is Cc1ccsc1/C=C/C(=O)N1CCN(Cc2ccc3c(c2)CCO3)CC1. The third-order valence-electron chi connectivity index (χ3n) is 5.12. The molecule has 1 fully saturated rings. The summed E-state index contributed by atoms with van der Waals surface area (Å²) >= 11 is 1.67. The normalized spacial score (nSPS) is 17.5. The Morgan fingerprint density at radius 2 is 2.08 bits per heavy atom. The van der Waals surface area contributed by atoms with Gasteiger partial charge in [0, 0.05) is 50.1 Å². The summed E-state index contributed by atoms with van der Waals surface area (Å²) in [6, 6.07) is 8.60. The molecular formula is C21H24N2O2S. The molecule has 0 spiro atoms. The number of fused-ring (bicyclic) bond motifs is 1. The van der Waals surface area contributed by atoms with Crippen molar-refractivity contribution in [3.8, 4) is 5.75 Å². The highest BCUT2D eigenvalue weighted by Gasteiger charge is 2.20. The maximum Gasteiger partial charge on any atom is 0.246 e. The summed E-state index contributed by atoms with van der Waals surface area (Å²) in [6.45, 7) is 7.25.